The highest BCUT2D eigenvalue weighted by molar-refractivity contribution is 5.95. The minimum Gasteiger partial charge on any atom is -0.316 e. The molecule has 1 aromatic heterocycles. The van der Waals surface area contributed by atoms with E-state index in [9.17, 15) is 9.59 Å². The zero-order chi connectivity index (χ0) is 17.8. The quantitative estimate of drug-likeness (QED) is 0.699. The Kier molecular flexibility index (Phi) is 4.90. The van der Waals surface area contributed by atoms with Crippen LogP contribution < -0.4 is 11.0 Å². The van der Waals surface area contributed by atoms with Gasteiger partial charge in [0.25, 0.3) is 0 Å². The van der Waals surface area contributed by atoms with E-state index in [1.54, 1.807) is 12.1 Å². The van der Waals surface area contributed by atoms with Gasteiger partial charge in [0, 0.05) is 12.1 Å². The van der Waals surface area contributed by atoms with Crippen molar-refractivity contribution in [1.29, 1.82) is 0 Å². The van der Waals surface area contributed by atoms with Crippen molar-refractivity contribution in [2.24, 2.45) is 0 Å². The Morgan fingerprint density at radius 2 is 1.76 bits per heavy atom. The molecule has 6 heteroatoms. The number of ketones is 1. The molecule has 0 saturated heterocycles. The number of hydrogen-bond donors (Lipinski definition) is 1. The maximum Gasteiger partial charge on any atom is 0.350 e. The maximum atomic E-state index is 12.5. The molecule has 2 aromatic carbocycles. The molecule has 1 heterocycles. The van der Waals surface area contributed by atoms with Crippen molar-refractivity contribution in [3.63, 3.8) is 0 Å². The van der Waals surface area contributed by atoms with Gasteiger partial charge in [-0.1, -0.05) is 42.0 Å². The van der Waals surface area contributed by atoms with Gasteiger partial charge in [-0.05, 0) is 31.7 Å². The van der Waals surface area contributed by atoms with E-state index in [0.717, 1.165) is 23.4 Å². The van der Waals surface area contributed by atoms with E-state index < -0.39 is 0 Å². The minimum absolute atomic E-state index is 0.0767. The number of Topliss-reactive ketones (excluding diaryl/α,β-unsaturated/α-hetero) is 1. The molecule has 0 saturated carbocycles. The Bertz CT molecular complexity index is 921. The first-order valence-electron chi connectivity index (χ1n) is 8.07. The average molecular weight is 336 g/mol. The number of rotatable bonds is 6. The SMILES string of the molecule is CNCc1ccc(-n2cnn(CC(=O)c3ccc(C)cc3)c2=O)cc1. The second-order valence-corrected chi connectivity index (χ2v) is 5.93. The van der Waals surface area contributed by atoms with Crippen molar-refractivity contribution in [3.8, 4) is 5.69 Å². The molecular formula is C19H20N4O2. The summed E-state index contributed by atoms with van der Waals surface area (Å²) in [6.45, 7) is 2.65. The molecule has 0 aliphatic rings. The van der Waals surface area contributed by atoms with Crippen molar-refractivity contribution in [3.05, 3.63) is 82.0 Å². The van der Waals surface area contributed by atoms with Gasteiger partial charge in [0.05, 0.1) is 5.69 Å². The smallest absolute Gasteiger partial charge is 0.316 e. The van der Waals surface area contributed by atoms with E-state index in [1.165, 1.54) is 15.6 Å². The first-order valence-corrected chi connectivity index (χ1v) is 8.07. The van der Waals surface area contributed by atoms with E-state index in [2.05, 4.69) is 10.4 Å². The van der Waals surface area contributed by atoms with Crippen LogP contribution in [-0.4, -0.2) is 27.2 Å². The topological polar surface area (TPSA) is 68.9 Å². The second kappa shape index (κ2) is 7.27. The van der Waals surface area contributed by atoms with E-state index >= 15 is 0 Å². The normalized spacial score (nSPS) is 10.8. The van der Waals surface area contributed by atoms with Crippen LogP contribution in [-0.2, 0) is 13.1 Å². The lowest BCUT2D eigenvalue weighted by molar-refractivity contribution is 0.0966. The van der Waals surface area contributed by atoms with Gasteiger partial charge in [-0.25, -0.2) is 14.0 Å². The number of carbonyl (C=O) groups is 1. The number of hydrogen-bond acceptors (Lipinski definition) is 4. The third-order valence-electron chi connectivity index (χ3n) is 4.00. The molecule has 0 aliphatic heterocycles. The molecule has 0 bridgehead atoms. The van der Waals surface area contributed by atoms with Crippen LogP contribution in [0.3, 0.4) is 0 Å². The van der Waals surface area contributed by atoms with Gasteiger partial charge in [0.15, 0.2) is 5.78 Å². The van der Waals surface area contributed by atoms with Crippen molar-refractivity contribution in [2.75, 3.05) is 7.05 Å². The average Bonchev–Trinajstić information content (AvgIpc) is 2.97. The Labute approximate surface area is 145 Å². The molecular weight excluding hydrogens is 316 g/mol. The standard InChI is InChI=1S/C19H20N4O2/c1-14-3-7-16(8-4-14)18(24)12-23-19(25)22(13-21-23)17-9-5-15(6-10-17)11-20-2/h3-10,13,20H,11-12H2,1-2H3. The van der Waals surface area contributed by atoms with Crippen molar-refractivity contribution >= 4 is 5.78 Å². The minimum atomic E-state index is -0.332. The van der Waals surface area contributed by atoms with Crippen molar-refractivity contribution in [2.45, 2.75) is 20.0 Å². The van der Waals surface area contributed by atoms with Crippen LogP contribution in [0, 0.1) is 6.92 Å². The molecule has 0 atom stereocenters. The van der Waals surface area contributed by atoms with Gasteiger partial charge in [-0.3, -0.25) is 4.79 Å². The van der Waals surface area contributed by atoms with E-state index in [0.29, 0.717) is 5.56 Å². The zero-order valence-corrected chi connectivity index (χ0v) is 14.3. The molecule has 25 heavy (non-hydrogen) atoms. The summed E-state index contributed by atoms with van der Waals surface area (Å²) in [5, 5.41) is 7.14. The van der Waals surface area contributed by atoms with Gasteiger partial charge in [0.2, 0.25) is 0 Å². The molecule has 0 unspecified atom stereocenters. The summed E-state index contributed by atoms with van der Waals surface area (Å²) in [5.74, 6) is -0.142. The van der Waals surface area contributed by atoms with Crippen LogP contribution in [0.1, 0.15) is 21.5 Å². The summed E-state index contributed by atoms with van der Waals surface area (Å²) in [6.07, 6.45) is 1.44. The third kappa shape index (κ3) is 3.75. The molecule has 3 aromatic rings. The lowest BCUT2D eigenvalue weighted by atomic mass is 10.1. The summed E-state index contributed by atoms with van der Waals surface area (Å²) in [6, 6.07) is 14.9. The summed E-state index contributed by atoms with van der Waals surface area (Å²) in [5.41, 5.74) is 3.17. The Morgan fingerprint density at radius 1 is 1.08 bits per heavy atom. The fourth-order valence-electron chi connectivity index (χ4n) is 2.57. The van der Waals surface area contributed by atoms with E-state index in [-0.39, 0.29) is 18.0 Å². The van der Waals surface area contributed by atoms with E-state index in [4.69, 9.17) is 0 Å². The van der Waals surface area contributed by atoms with E-state index in [1.807, 2.05) is 50.4 Å². The maximum absolute atomic E-state index is 12.5. The predicted molar refractivity (Wildman–Crippen MR) is 96.1 cm³/mol. The second-order valence-electron chi connectivity index (χ2n) is 5.93. The summed E-state index contributed by atoms with van der Waals surface area (Å²) in [4.78, 5) is 24.8. The molecule has 0 fully saturated rings. The Balaban J connectivity index is 1.80. The van der Waals surface area contributed by atoms with Crippen LogP contribution in [0.25, 0.3) is 5.69 Å². The van der Waals surface area contributed by atoms with Crippen molar-refractivity contribution < 1.29 is 4.79 Å². The molecule has 3 rings (SSSR count). The first kappa shape index (κ1) is 16.9. The summed E-state index contributed by atoms with van der Waals surface area (Å²) in [7, 11) is 1.88. The number of nitrogens with one attached hydrogen (secondary N) is 1. The van der Waals surface area contributed by atoms with Gasteiger partial charge in [-0.2, -0.15) is 5.10 Å². The van der Waals surface area contributed by atoms with Crippen molar-refractivity contribution in [1.82, 2.24) is 19.7 Å². The molecule has 0 radical (unpaired) electrons. The lowest BCUT2D eigenvalue weighted by Crippen LogP contribution is -2.27. The van der Waals surface area contributed by atoms with Gasteiger partial charge in [-0.15, -0.1) is 0 Å². The summed E-state index contributed by atoms with van der Waals surface area (Å²) >= 11 is 0. The Morgan fingerprint density at radius 3 is 2.40 bits per heavy atom. The highest BCUT2D eigenvalue weighted by Gasteiger charge is 2.12. The highest BCUT2D eigenvalue weighted by Crippen LogP contribution is 2.08. The number of aromatic nitrogens is 3. The van der Waals surface area contributed by atoms with Gasteiger partial charge < -0.3 is 5.32 Å². The monoisotopic (exact) mass is 336 g/mol. The largest absolute Gasteiger partial charge is 0.350 e. The fraction of sp³-hybridized carbons (Fsp3) is 0.211. The van der Waals surface area contributed by atoms with Crippen LogP contribution in [0.5, 0.6) is 0 Å². The number of carbonyl (C=O) groups excluding carboxylic acids is 1. The first-order chi connectivity index (χ1) is 12.1. The number of nitrogens with zero attached hydrogens (tertiary/aromatic N) is 3. The molecule has 0 aliphatic carbocycles. The third-order valence-corrected chi connectivity index (χ3v) is 4.00. The molecule has 0 amide bonds. The van der Waals surface area contributed by atoms with Gasteiger partial charge >= 0.3 is 5.69 Å². The molecule has 6 nitrogen and oxygen atoms in total. The van der Waals surface area contributed by atoms with Crippen LogP contribution >= 0.6 is 0 Å². The fourth-order valence-corrected chi connectivity index (χ4v) is 2.57. The number of aryl methyl sites for hydroxylation is 1. The molecule has 1 N–H and O–H groups in total. The highest BCUT2D eigenvalue weighted by atomic mass is 16.2. The summed E-state index contributed by atoms with van der Waals surface area (Å²) < 4.78 is 2.62. The van der Waals surface area contributed by atoms with Gasteiger partial charge in [0.1, 0.15) is 12.9 Å². The predicted octanol–water partition coefficient (Wildman–Crippen LogP) is 1.94. The number of benzene rings is 2. The Hall–Kier alpha value is -2.99. The van der Waals surface area contributed by atoms with Crippen LogP contribution in [0.2, 0.25) is 0 Å². The van der Waals surface area contributed by atoms with Crippen LogP contribution in [0.4, 0.5) is 0 Å². The van der Waals surface area contributed by atoms with Crippen LogP contribution in [0.15, 0.2) is 59.7 Å². The molecule has 0 spiro atoms. The lowest BCUT2D eigenvalue weighted by Gasteiger charge is -2.04. The zero-order valence-electron chi connectivity index (χ0n) is 14.3. The molecule has 128 valence electrons.